The lowest BCUT2D eigenvalue weighted by Gasteiger charge is -2.07. The summed E-state index contributed by atoms with van der Waals surface area (Å²) in [6.07, 6.45) is 1.71. The number of nitro benzene ring substituents is 1. The monoisotopic (exact) mass is 268 g/mol. The molecule has 0 spiro atoms. The topological polar surface area (TPSA) is 94.1 Å². The lowest BCUT2D eigenvalue weighted by Crippen LogP contribution is -2.08. The Balaban J connectivity index is 2.06. The largest absolute Gasteiger partial charge is 0.378 e. The van der Waals surface area contributed by atoms with E-state index in [9.17, 15) is 10.1 Å². The third-order valence-corrected chi connectivity index (χ3v) is 2.56. The van der Waals surface area contributed by atoms with Crippen molar-refractivity contribution in [3.05, 3.63) is 45.6 Å². The number of anilines is 1. The molecule has 0 saturated heterocycles. The molecule has 2 rings (SSSR count). The molecule has 0 aliphatic heterocycles. The first-order valence-electron chi connectivity index (χ1n) is 5.10. The van der Waals surface area contributed by atoms with E-state index in [4.69, 9.17) is 11.6 Å². The van der Waals surface area contributed by atoms with Gasteiger partial charge >= 0.3 is 0 Å². The van der Waals surface area contributed by atoms with Gasteiger partial charge in [-0.05, 0) is 6.07 Å². The van der Waals surface area contributed by atoms with Crippen molar-refractivity contribution in [3.8, 4) is 0 Å². The van der Waals surface area contributed by atoms with Crippen molar-refractivity contribution < 1.29 is 9.45 Å². The number of hydrogen-bond donors (Lipinski definition) is 1. The Hall–Kier alpha value is -2.15. The maximum absolute atomic E-state index is 10.8. The minimum Gasteiger partial charge on any atom is -0.378 e. The van der Waals surface area contributed by atoms with Crippen LogP contribution in [0.15, 0.2) is 29.1 Å². The molecule has 1 N–H and O–H groups in total. The third-order valence-electron chi connectivity index (χ3n) is 2.25. The molecule has 2 aromatic rings. The molecule has 0 amide bonds. The van der Waals surface area contributed by atoms with Crippen LogP contribution < -0.4 is 5.32 Å². The van der Waals surface area contributed by atoms with E-state index in [0.717, 1.165) is 0 Å². The highest BCUT2D eigenvalue weighted by Gasteiger charge is 2.16. The fourth-order valence-electron chi connectivity index (χ4n) is 1.44. The Morgan fingerprint density at radius 3 is 3.00 bits per heavy atom. The van der Waals surface area contributed by atoms with Gasteiger partial charge in [0.2, 0.25) is 6.39 Å². The average Bonchev–Trinajstić information content (AvgIpc) is 2.84. The highest BCUT2D eigenvalue weighted by molar-refractivity contribution is 6.33. The van der Waals surface area contributed by atoms with Crippen molar-refractivity contribution in [2.75, 3.05) is 11.9 Å². The van der Waals surface area contributed by atoms with Gasteiger partial charge in [0.1, 0.15) is 5.69 Å². The molecule has 8 heteroatoms. The fourth-order valence-corrected chi connectivity index (χ4v) is 1.68. The first-order valence-corrected chi connectivity index (χ1v) is 5.48. The average molecular weight is 269 g/mol. The molecule has 0 bridgehead atoms. The van der Waals surface area contributed by atoms with Crippen molar-refractivity contribution in [2.24, 2.45) is 0 Å². The standard InChI is InChI=1S/C10H9ClN4O3/c11-7-2-1-3-8(15(16)17)10(7)12-5-4-9-13-6-18-14-9/h1-3,6,12H,4-5H2. The molecule has 0 atom stereocenters. The molecule has 0 radical (unpaired) electrons. The SMILES string of the molecule is O=[N+]([O-])c1cccc(Cl)c1NCCc1ncon1. The summed E-state index contributed by atoms with van der Waals surface area (Å²) in [5.74, 6) is 0.525. The predicted molar refractivity (Wildman–Crippen MR) is 64.6 cm³/mol. The summed E-state index contributed by atoms with van der Waals surface area (Å²) in [4.78, 5) is 14.2. The van der Waals surface area contributed by atoms with Crippen LogP contribution in [0.2, 0.25) is 5.02 Å². The maximum Gasteiger partial charge on any atom is 0.293 e. The molecule has 94 valence electrons. The summed E-state index contributed by atoms with van der Waals surface area (Å²) in [7, 11) is 0. The lowest BCUT2D eigenvalue weighted by atomic mass is 10.2. The van der Waals surface area contributed by atoms with Crippen LogP contribution in [0.25, 0.3) is 0 Å². The number of nitro groups is 1. The lowest BCUT2D eigenvalue weighted by molar-refractivity contribution is -0.383. The molecule has 18 heavy (non-hydrogen) atoms. The van der Waals surface area contributed by atoms with Crippen molar-refractivity contribution in [3.63, 3.8) is 0 Å². The second-order valence-electron chi connectivity index (χ2n) is 3.42. The molecule has 1 heterocycles. The van der Waals surface area contributed by atoms with E-state index >= 15 is 0 Å². The van der Waals surface area contributed by atoms with Crippen LogP contribution in [0.4, 0.5) is 11.4 Å². The van der Waals surface area contributed by atoms with Crippen LogP contribution in [0, 0.1) is 10.1 Å². The van der Waals surface area contributed by atoms with Crippen molar-refractivity contribution >= 4 is 23.0 Å². The highest BCUT2D eigenvalue weighted by Crippen LogP contribution is 2.31. The Bertz CT molecular complexity index is 544. The van der Waals surface area contributed by atoms with Crippen molar-refractivity contribution in [2.45, 2.75) is 6.42 Å². The van der Waals surface area contributed by atoms with E-state index in [-0.39, 0.29) is 5.69 Å². The number of halogens is 1. The quantitative estimate of drug-likeness (QED) is 0.660. The van der Waals surface area contributed by atoms with Gasteiger partial charge in [0.15, 0.2) is 5.82 Å². The Kier molecular flexibility index (Phi) is 3.73. The number of nitrogens with one attached hydrogen (secondary N) is 1. The molecule has 0 aliphatic carbocycles. The number of nitrogens with zero attached hydrogens (tertiary/aromatic N) is 3. The molecular weight excluding hydrogens is 260 g/mol. The van der Waals surface area contributed by atoms with Gasteiger partial charge in [-0.3, -0.25) is 10.1 Å². The zero-order chi connectivity index (χ0) is 13.0. The summed E-state index contributed by atoms with van der Waals surface area (Å²) in [6.45, 7) is 0.421. The van der Waals surface area contributed by atoms with Gasteiger partial charge in [-0.1, -0.05) is 22.8 Å². The van der Waals surface area contributed by atoms with Crippen LogP contribution in [0.1, 0.15) is 5.82 Å². The van der Waals surface area contributed by atoms with E-state index in [1.165, 1.54) is 18.5 Å². The number of benzene rings is 1. The van der Waals surface area contributed by atoms with Crippen LogP contribution in [-0.4, -0.2) is 21.6 Å². The van der Waals surface area contributed by atoms with Crippen molar-refractivity contribution in [1.82, 2.24) is 10.1 Å². The highest BCUT2D eigenvalue weighted by atomic mass is 35.5. The van der Waals surface area contributed by atoms with Crippen LogP contribution in [-0.2, 0) is 6.42 Å². The first-order chi connectivity index (χ1) is 8.68. The van der Waals surface area contributed by atoms with Crippen molar-refractivity contribution in [1.29, 1.82) is 0 Å². The first kappa shape index (κ1) is 12.3. The minimum absolute atomic E-state index is 0.0596. The number of rotatable bonds is 5. The molecule has 1 aromatic carbocycles. The molecule has 0 saturated carbocycles. The summed E-state index contributed by atoms with van der Waals surface area (Å²) in [5.41, 5.74) is 0.239. The molecular formula is C10H9ClN4O3. The van der Waals surface area contributed by atoms with Crippen LogP contribution >= 0.6 is 11.6 Å². The minimum atomic E-state index is -0.484. The van der Waals surface area contributed by atoms with E-state index < -0.39 is 4.92 Å². The second-order valence-corrected chi connectivity index (χ2v) is 3.82. The number of hydrogen-bond acceptors (Lipinski definition) is 6. The number of aromatic nitrogens is 2. The van der Waals surface area contributed by atoms with Gasteiger partial charge in [0.25, 0.3) is 5.69 Å². The van der Waals surface area contributed by atoms with Gasteiger partial charge < -0.3 is 9.84 Å². The van der Waals surface area contributed by atoms with E-state index in [1.807, 2.05) is 0 Å². The van der Waals surface area contributed by atoms with Gasteiger partial charge in [-0.2, -0.15) is 4.98 Å². The van der Waals surface area contributed by atoms with Gasteiger partial charge in [0, 0.05) is 19.0 Å². The Labute approximate surface area is 107 Å². The van der Waals surface area contributed by atoms with E-state index in [1.54, 1.807) is 6.07 Å². The Morgan fingerprint density at radius 2 is 2.33 bits per heavy atom. The summed E-state index contributed by atoms with van der Waals surface area (Å²) < 4.78 is 4.58. The van der Waals surface area contributed by atoms with Crippen LogP contribution in [0.3, 0.4) is 0 Å². The maximum atomic E-state index is 10.8. The van der Waals surface area contributed by atoms with Crippen LogP contribution in [0.5, 0.6) is 0 Å². The predicted octanol–water partition coefficient (Wildman–Crippen LogP) is 2.29. The molecule has 1 aromatic heterocycles. The summed E-state index contributed by atoms with van der Waals surface area (Å²) in [6, 6.07) is 4.51. The smallest absolute Gasteiger partial charge is 0.293 e. The zero-order valence-electron chi connectivity index (χ0n) is 9.17. The normalized spacial score (nSPS) is 10.3. The van der Waals surface area contributed by atoms with Gasteiger partial charge in [-0.15, -0.1) is 0 Å². The van der Waals surface area contributed by atoms with E-state index in [0.29, 0.717) is 29.5 Å². The number of para-hydroxylation sites is 1. The molecule has 0 fully saturated rings. The van der Waals surface area contributed by atoms with Gasteiger partial charge in [-0.25, -0.2) is 0 Å². The summed E-state index contributed by atoms with van der Waals surface area (Å²) >= 11 is 5.92. The zero-order valence-corrected chi connectivity index (χ0v) is 9.92. The van der Waals surface area contributed by atoms with E-state index in [2.05, 4.69) is 20.0 Å². The molecule has 7 nitrogen and oxygen atoms in total. The third kappa shape index (κ3) is 2.75. The van der Waals surface area contributed by atoms with Gasteiger partial charge in [0.05, 0.1) is 9.95 Å². The molecule has 0 aliphatic rings. The fraction of sp³-hybridized carbons (Fsp3) is 0.200. The second kappa shape index (κ2) is 5.46. The molecule has 0 unspecified atom stereocenters. The Morgan fingerprint density at radius 1 is 1.50 bits per heavy atom. The summed E-state index contributed by atoms with van der Waals surface area (Å²) in [5, 5.41) is 17.7.